The first-order valence-corrected chi connectivity index (χ1v) is 10.7. The van der Waals surface area contributed by atoms with Crippen LogP contribution in [0.4, 0.5) is 5.13 Å². The van der Waals surface area contributed by atoms with Gasteiger partial charge in [0.1, 0.15) is 16.3 Å². The van der Waals surface area contributed by atoms with Gasteiger partial charge in [0, 0.05) is 33.1 Å². The van der Waals surface area contributed by atoms with E-state index in [1.54, 1.807) is 13.4 Å². The minimum absolute atomic E-state index is 0.273. The fraction of sp³-hybridized carbons (Fsp3) is 0.136. The molecule has 0 unspecified atom stereocenters. The van der Waals surface area contributed by atoms with Crippen molar-refractivity contribution in [2.75, 3.05) is 12.4 Å². The van der Waals surface area contributed by atoms with Crippen molar-refractivity contribution in [2.45, 2.75) is 13.8 Å². The van der Waals surface area contributed by atoms with Gasteiger partial charge in [0.15, 0.2) is 0 Å². The molecule has 0 atom stereocenters. The van der Waals surface area contributed by atoms with E-state index in [9.17, 15) is 4.79 Å². The van der Waals surface area contributed by atoms with Crippen molar-refractivity contribution in [2.24, 2.45) is 0 Å². The molecule has 30 heavy (non-hydrogen) atoms. The van der Waals surface area contributed by atoms with Gasteiger partial charge in [-0.2, -0.15) is 0 Å². The summed E-state index contributed by atoms with van der Waals surface area (Å²) in [6.07, 6.45) is 3.26. The predicted octanol–water partition coefficient (Wildman–Crippen LogP) is 6.07. The number of nitrogens with zero attached hydrogens (tertiary/aromatic N) is 2. The fourth-order valence-electron chi connectivity index (χ4n) is 3.17. The second-order valence-electron chi connectivity index (χ2n) is 6.65. The Labute approximate surface area is 185 Å². The first-order chi connectivity index (χ1) is 14.4. The van der Waals surface area contributed by atoms with Crippen molar-refractivity contribution in [3.8, 4) is 16.9 Å². The molecule has 0 radical (unpaired) electrons. The fourth-order valence-corrected chi connectivity index (χ4v) is 4.17. The first-order valence-electron chi connectivity index (χ1n) is 9.09. The first kappa shape index (κ1) is 20.3. The highest BCUT2D eigenvalue weighted by molar-refractivity contribution is 9.10. The summed E-state index contributed by atoms with van der Waals surface area (Å²) in [6, 6.07) is 11.9. The maximum absolute atomic E-state index is 12.4. The lowest BCUT2D eigenvalue weighted by Crippen LogP contribution is -2.08. The summed E-state index contributed by atoms with van der Waals surface area (Å²) >= 11 is 4.84. The van der Waals surface area contributed by atoms with Crippen LogP contribution in [0.15, 0.2) is 57.6 Å². The molecule has 4 rings (SSSR count). The zero-order valence-electron chi connectivity index (χ0n) is 16.5. The number of anilines is 1. The second kappa shape index (κ2) is 8.41. The standard InChI is InChI=1S/C22H18BrN3O3S/c1-12(7-21(27)24-22-26-25-13(2)30-22)16-9-17-18(14-5-4-6-15(23)8-14)11-29-20(17)10-19(16)28-3/h4-11H,1-3H3,(H,24,26,27)/b12-7+. The molecule has 4 aromatic rings. The van der Waals surface area contributed by atoms with E-state index in [4.69, 9.17) is 9.15 Å². The zero-order valence-corrected chi connectivity index (χ0v) is 18.9. The summed E-state index contributed by atoms with van der Waals surface area (Å²) in [5.74, 6) is 0.358. The largest absolute Gasteiger partial charge is 0.496 e. The van der Waals surface area contributed by atoms with Crippen molar-refractivity contribution in [1.82, 2.24) is 10.2 Å². The van der Waals surface area contributed by atoms with Crippen LogP contribution in [-0.4, -0.2) is 23.2 Å². The number of halogens is 1. The maximum atomic E-state index is 12.4. The molecule has 2 aromatic carbocycles. The molecule has 0 fully saturated rings. The number of furan rings is 1. The number of hydrogen-bond donors (Lipinski definition) is 1. The van der Waals surface area contributed by atoms with E-state index >= 15 is 0 Å². The molecule has 1 N–H and O–H groups in total. The van der Waals surface area contributed by atoms with Crippen molar-refractivity contribution < 1.29 is 13.9 Å². The highest BCUT2D eigenvalue weighted by Gasteiger charge is 2.15. The van der Waals surface area contributed by atoms with Crippen molar-refractivity contribution >= 4 is 54.8 Å². The number of allylic oxidation sites excluding steroid dienone is 1. The van der Waals surface area contributed by atoms with Gasteiger partial charge < -0.3 is 9.15 Å². The highest BCUT2D eigenvalue weighted by atomic mass is 79.9. The molecule has 0 saturated heterocycles. The third kappa shape index (κ3) is 4.15. The van der Waals surface area contributed by atoms with Gasteiger partial charge >= 0.3 is 0 Å². The minimum atomic E-state index is -0.273. The van der Waals surface area contributed by atoms with Crippen LogP contribution < -0.4 is 10.1 Å². The van der Waals surface area contributed by atoms with Crippen LogP contribution in [-0.2, 0) is 4.79 Å². The van der Waals surface area contributed by atoms with E-state index in [0.717, 1.165) is 37.1 Å². The zero-order chi connectivity index (χ0) is 21.3. The molecule has 0 bridgehead atoms. The molecule has 2 heterocycles. The minimum Gasteiger partial charge on any atom is -0.496 e. The molecular formula is C22H18BrN3O3S. The van der Waals surface area contributed by atoms with Gasteiger partial charge in [-0.3, -0.25) is 10.1 Å². The summed E-state index contributed by atoms with van der Waals surface area (Å²) in [4.78, 5) is 12.4. The number of rotatable bonds is 5. The Morgan fingerprint density at radius 3 is 2.80 bits per heavy atom. The van der Waals surface area contributed by atoms with E-state index in [-0.39, 0.29) is 5.91 Å². The van der Waals surface area contributed by atoms with Crippen LogP contribution >= 0.6 is 27.3 Å². The Morgan fingerprint density at radius 1 is 1.27 bits per heavy atom. The van der Waals surface area contributed by atoms with Crippen LogP contribution in [0, 0.1) is 6.92 Å². The van der Waals surface area contributed by atoms with Gasteiger partial charge in [0.05, 0.1) is 13.4 Å². The number of aromatic nitrogens is 2. The number of aryl methyl sites for hydroxylation is 1. The third-order valence-corrected chi connectivity index (χ3v) is 5.81. The molecular weight excluding hydrogens is 466 g/mol. The van der Waals surface area contributed by atoms with Crippen molar-refractivity contribution in [1.29, 1.82) is 0 Å². The number of carbonyl (C=O) groups is 1. The Bertz CT molecular complexity index is 1280. The number of nitrogens with one attached hydrogen (secondary N) is 1. The summed E-state index contributed by atoms with van der Waals surface area (Å²) < 4.78 is 12.3. The van der Waals surface area contributed by atoms with E-state index < -0.39 is 0 Å². The van der Waals surface area contributed by atoms with E-state index in [1.807, 2.05) is 50.2 Å². The number of methoxy groups -OCH3 is 1. The molecule has 0 aliphatic rings. The molecule has 152 valence electrons. The molecule has 0 spiro atoms. The molecule has 2 aromatic heterocycles. The molecule has 8 heteroatoms. The maximum Gasteiger partial charge on any atom is 0.250 e. The quantitative estimate of drug-likeness (QED) is 0.348. The number of carbonyl (C=O) groups excluding carboxylic acids is 1. The average Bonchev–Trinajstić information content (AvgIpc) is 3.32. The Hall–Kier alpha value is -2.97. The summed E-state index contributed by atoms with van der Waals surface area (Å²) in [7, 11) is 1.60. The van der Waals surface area contributed by atoms with Gasteiger partial charge in [-0.15, -0.1) is 10.2 Å². The number of ether oxygens (including phenoxy) is 1. The van der Waals surface area contributed by atoms with Crippen LogP contribution in [0.3, 0.4) is 0 Å². The van der Waals surface area contributed by atoms with Crippen LogP contribution in [0.25, 0.3) is 27.7 Å². The topological polar surface area (TPSA) is 77.2 Å². The lowest BCUT2D eigenvalue weighted by atomic mass is 9.99. The average molecular weight is 484 g/mol. The van der Waals surface area contributed by atoms with E-state index in [1.165, 1.54) is 17.4 Å². The monoisotopic (exact) mass is 483 g/mol. The smallest absolute Gasteiger partial charge is 0.250 e. The van der Waals surface area contributed by atoms with Crippen molar-refractivity contribution in [3.63, 3.8) is 0 Å². The Morgan fingerprint density at radius 2 is 2.10 bits per heavy atom. The van der Waals surface area contributed by atoms with Gasteiger partial charge in [-0.25, -0.2) is 0 Å². The molecule has 6 nitrogen and oxygen atoms in total. The lowest BCUT2D eigenvalue weighted by molar-refractivity contribution is -0.111. The predicted molar refractivity (Wildman–Crippen MR) is 123 cm³/mol. The van der Waals surface area contributed by atoms with E-state index in [2.05, 4.69) is 31.4 Å². The normalized spacial score (nSPS) is 11.7. The second-order valence-corrected chi connectivity index (χ2v) is 8.75. The van der Waals surface area contributed by atoms with Gasteiger partial charge in [-0.05, 0) is 43.2 Å². The Balaban J connectivity index is 1.73. The highest BCUT2D eigenvalue weighted by Crippen LogP contribution is 2.38. The number of fused-ring (bicyclic) bond motifs is 1. The van der Waals surface area contributed by atoms with Crippen LogP contribution in [0.1, 0.15) is 17.5 Å². The Kier molecular flexibility index (Phi) is 5.69. The van der Waals surface area contributed by atoms with E-state index in [0.29, 0.717) is 16.5 Å². The SMILES string of the molecule is COc1cc2occ(-c3cccc(Br)c3)c2cc1/C(C)=C/C(=O)Nc1nnc(C)s1. The van der Waals surface area contributed by atoms with Crippen LogP contribution in [0.5, 0.6) is 5.75 Å². The van der Waals surface area contributed by atoms with Crippen molar-refractivity contribution in [3.05, 3.63) is 63.8 Å². The molecule has 1 amide bonds. The lowest BCUT2D eigenvalue weighted by Gasteiger charge is -2.10. The number of hydrogen-bond acceptors (Lipinski definition) is 6. The molecule has 0 aliphatic carbocycles. The van der Waals surface area contributed by atoms with Gasteiger partial charge in [-0.1, -0.05) is 39.4 Å². The molecule has 0 saturated carbocycles. The number of benzene rings is 2. The summed E-state index contributed by atoms with van der Waals surface area (Å²) in [5.41, 5.74) is 4.29. The number of amides is 1. The van der Waals surface area contributed by atoms with Gasteiger partial charge in [0.25, 0.3) is 0 Å². The summed E-state index contributed by atoms with van der Waals surface area (Å²) in [5, 5.41) is 12.8. The molecule has 0 aliphatic heterocycles. The van der Waals surface area contributed by atoms with Crippen LogP contribution in [0.2, 0.25) is 0 Å². The third-order valence-electron chi connectivity index (χ3n) is 4.56. The summed E-state index contributed by atoms with van der Waals surface area (Å²) in [6.45, 7) is 3.70. The van der Waals surface area contributed by atoms with Gasteiger partial charge in [0.2, 0.25) is 11.0 Å².